The average Bonchev–Trinajstić information content (AvgIpc) is 1.83. The van der Waals surface area contributed by atoms with Gasteiger partial charge in [0.25, 0.3) is 0 Å². The first-order valence-electron chi connectivity index (χ1n) is 2.52. The third kappa shape index (κ3) is 3.83. The van der Waals surface area contributed by atoms with Gasteiger partial charge in [0.05, 0.1) is 0 Å². The Hall–Kier alpha value is -0.350. The van der Waals surface area contributed by atoms with E-state index in [-0.39, 0.29) is 0 Å². The van der Waals surface area contributed by atoms with Crippen molar-refractivity contribution in [2.75, 3.05) is 0 Å². The molecular formula is C7H11P. The van der Waals surface area contributed by atoms with Gasteiger partial charge in [-0.3, -0.25) is 0 Å². The van der Waals surface area contributed by atoms with Crippen molar-refractivity contribution in [3.8, 4) is 0 Å². The molecule has 0 aromatic carbocycles. The Morgan fingerprint density at radius 1 is 1.62 bits per heavy atom. The van der Waals surface area contributed by atoms with Crippen LogP contribution >= 0.6 is 9.24 Å². The fourth-order valence-corrected chi connectivity index (χ4v) is 0.386. The second-order valence-corrected chi connectivity index (χ2v) is 2.06. The van der Waals surface area contributed by atoms with E-state index in [0.717, 1.165) is 5.31 Å². The summed E-state index contributed by atoms with van der Waals surface area (Å²) in [6.07, 6.45) is 7.74. The van der Waals surface area contributed by atoms with Crippen LogP contribution in [0.15, 0.2) is 36.2 Å². The van der Waals surface area contributed by atoms with Crippen molar-refractivity contribution < 1.29 is 0 Å². The number of hydrogen-bond donors (Lipinski definition) is 0. The van der Waals surface area contributed by atoms with Gasteiger partial charge < -0.3 is 0 Å². The summed E-state index contributed by atoms with van der Waals surface area (Å²) in [7, 11) is 2.58. The molecule has 1 unspecified atom stereocenters. The Morgan fingerprint density at radius 2 is 2.25 bits per heavy atom. The fraction of sp³-hybridized carbons (Fsp3) is 0.143. The summed E-state index contributed by atoms with van der Waals surface area (Å²) in [6, 6.07) is 0. The van der Waals surface area contributed by atoms with E-state index in [2.05, 4.69) is 15.8 Å². The van der Waals surface area contributed by atoms with Crippen LogP contribution in [-0.2, 0) is 0 Å². The topological polar surface area (TPSA) is 0 Å². The molecule has 0 aromatic rings. The van der Waals surface area contributed by atoms with Crippen LogP contribution in [0.4, 0.5) is 0 Å². The van der Waals surface area contributed by atoms with Crippen molar-refractivity contribution in [3.05, 3.63) is 36.2 Å². The summed E-state index contributed by atoms with van der Waals surface area (Å²) in [5.74, 6) is 0. The van der Waals surface area contributed by atoms with Gasteiger partial charge in [0, 0.05) is 0 Å². The van der Waals surface area contributed by atoms with Crippen LogP contribution in [0.5, 0.6) is 0 Å². The van der Waals surface area contributed by atoms with Crippen molar-refractivity contribution in [3.63, 3.8) is 0 Å². The molecule has 1 heteroatoms. The molecule has 8 heavy (non-hydrogen) atoms. The maximum Gasteiger partial charge on any atom is -0.0309 e. The Kier molecular flexibility index (Phi) is 4.59. The van der Waals surface area contributed by atoms with Gasteiger partial charge in [-0.2, -0.15) is 0 Å². The Labute approximate surface area is 53.2 Å². The standard InChI is InChI=1S/C7H11P/c1-3-5-6-7(8)4-2/h3-6H,2,8H2,1H3/b5-3-,7-6+. The summed E-state index contributed by atoms with van der Waals surface area (Å²) in [6.45, 7) is 5.57. The number of rotatable bonds is 2. The van der Waals surface area contributed by atoms with Crippen LogP contribution in [0.3, 0.4) is 0 Å². The molecule has 0 aromatic heterocycles. The SMILES string of the molecule is C=C/C(P)=C\C=C/C. The van der Waals surface area contributed by atoms with Crippen LogP contribution in [0, 0.1) is 0 Å². The molecule has 0 amide bonds. The molecule has 44 valence electrons. The zero-order valence-corrected chi connectivity index (χ0v) is 6.25. The molecule has 0 bridgehead atoms. The molecule has 0 rings (SSSR count). The molecule has 0 aliphatic rings. The summed E-state index contributed by atoms with van der Waals surface area (Å²) in [5, 5.41) is 1.11. The Morgan fingerprint density at radius 3 is 2.62 bits per heavy atom. The lowest BCUT2D eigenvalue weighted by Crippen LogP contribution is -1.54. The van der Waals surface area contributed by atoms with E-state index in [1.165, 1.54) is 0 Å². The lowest BCUT2D eigenvalue weighted by molar-refractivity contribution is 1.72. The van der Waals surface area contributed by atoms with Gasteiger partial charge in [-0.05, 0) is 12.2 Å². The molecular weight excluding hydrogens is 115 g/mol. The maximum absolute atomic E-state index is 3.59. The Balaban J connectivity index is 3.74. The highest BCUT2D eigenvalue weighted by molar-refractivity contribution is 7.22. The first-order chi connectivity index (χ1) is 3.81. The predicted molar refractivity (Wildman–Crippen MR) is 42.8 cm³/mol. The van der Waals surface area contributed by atoms with Crippen molar-refractivity contribution in [2.24, 2.45) is 0 Å². The van der Waals surface area contributed by atoms with Crippen LogP contribution in [0.25, 0.3) is 0 Å². The predicted octanol–water partition coefficient (Wildman–Crippen LogP) is 2.51. The molecule has 0 spiro atoms. The second-order valence-electron chi connectivity index (χ2n) is 1.40. The normalized spacial score (nSPS) is 12.5. The molecule has 0 nitrogen and oxygen atoms in total. The first kappa shape index (κ1) is 7.65. The highest BCUT2D eigenvalue weighted by Crippen LogP contribution is 2.04. The lowest BCUT2D eigenvalue weighted by Gasteiger charge is -1.81. The minimum atomic E-state index is 1.11. The molecule has 0 saturated heterocycles. The molecule has 0 radical (unpaired) electrons. The van der Waals surface area contributed by atoms with Gasteiger partial charge in [-0.15, -0.1) is 9.24 Å². The molecule has 0 N–H and O–H groups in total. The summed E-state index contributed by atoms with van der Waals surface area (Å²) in [5.41, 5.74) is 0. The lowest BCUT2D eigenvalue weighted by atomic mass is 10.4. The monoisotopic (exact) mass is 126 g/mol. The summed E-state index contributed by atoms with van der Waals surface area (Å²) >= 11 is 0. The van der Waals surface area contributed by atoms with E-state index in [4.69, 9.17) is 0 Å². The zero-order chi connectivity index (χ0) is 6.41. The van der Waals surface area contributed by atoms with Crippen LogP contribution in [0.2, 0.25) is 0 Å². The Bertz CT molecular complexity index is 120. The maximum atomic E-state index is 3.59. The van der Waals surface area contributed by atoms with E-state index in [1.54, 1.807) is 6.08 Å². The van der Waals surface area contributed by atoms with Crippen LogP contribution < -0.4 is 0 Å². The summed E-state index contributed by atoms with van der Waals surface area (Å²) in [4.78, 5) is 0. The van der Waals surface area contributed by atoms with Crippen molar-refractivity contribution in [2.45, 2.75) is 6.92 Å². The van der Waals surface area contributed by atoms with Gasteiger partial charge in [0.2, 0.25) is 0 Å². The number of allylic oxidation sites excluding steroid dienone is 5. The third-order valence-corrected chi connectivity index (χ3v) is 1.14. The van der Waals surface area contributed by atoms with Crippen LogP contribution in [0.1, 0.15) is 6.92 Å². The van der Waals surface area contributed by atoms with Crippen molar-refractivity contribution >= 4 is 9.24 Å². The largest absolute Gasteiger partial charge is 0.106 e. The van der Waals surface area contributed by atoms with E-state index in [0.29, 0.717) is 0 Å². The molecule has 0 saturated carbocycles. The second kappa shape index (κ2) is 4.80. The first-order valence-corrected chi connectivity index (χ1v) is 3.10. The molecule has 0 fully saturated rings. The smallest absolute Gasteiger partial charge is 0.0309 e. The van der Waals surface area contributed by atoms with E-state index in [1.807, 2.05) is 25.2 Å². The van der Waals surface area contributed by atoms with Gasteiger partial charge in [-0.25, -0.2) is 0 Å². The molecule has 1 atom stereocenters. The van der Waals surface area contributed by atoms with E-state index >= 15 is 0 Å². The zero-order valence-electron chi connectivity index (χ0n) is 5.09. The average molecular weight is 126 g/mol. The van der Waals surface area contributed by atoms with Gasteiger partial charge in [0.15, 0.2) is 0 Å². The van der Waals surface area contributed by atoms with Crippen LogP contribution in [-0.4, -0.2) is 0 Å². The van der Waals surface area contributed by atoms with Gasteiger partial charge in [-0.1, -0.05) is 30.9 Å². The van der Waals surface area contributed by atoms with Crippen molar-refractivity contribution in [1.29, 1.82) is 0 Å². The third-order valence-electron chi connectivity index (χ3n) is 0.717. The van der Waals surface area contributed by atoms with Crippen molar-refractivity contribution in [1.82, 2.24) is 0 Å². The highest BCUT2D eigenvalue weighted by atomic mass is 31.0. The molecule has 0 aliphatic carbocycles. The summed E-state index contributed by atoms with van der Waals surface area (Å²) < 4.78 is 0. The number of hydrogen-bond acceptors (Lipinski definition) is 0. The van der Waals surface area contributed by atoms with Gasteiger partial charge in [0.1, 0.15) is 0 Å². The molecule has 0 heterocycles. The molecule has 0 aliphatic heterocycles. The minimum absolute atomic E-state index is 1.11. The van der Waals surface area contributed by atoms with Gasteiger partial charge >= 0.3 is 0 Å². The quantitative estimate of drug-likeness (QED) is 0.394. The van der Waals surface area contributed by atoms with E-state index in [9.17, 15) is 0 Å². The minimum Gasteiger partial charge on any atom is -0.106 e. The highest BCUT2D eigenvalue weighted by Gasteiger charge is 1.70. The van der Waals surface area contributed by atoms with E-state index < -0.39 is 0 Å². The fourth-order valence-electron chi connectivity index (χ4n) is 0.275.